The number of hydrogen-bond acceptors (Lipinski definition) is 8. The van der Waals surface area contributed by atoms with Crippen LogP contribution < -0.4 is 21.7 Å². The van der Waals surface area contributed by atoms with Crippen LogP contribution in [0.4, 0.5) is 22.9 Å². The van der Waals surface area contributed by atoms with Crippen LogP contribution in [0.1, 0.15) is 27.6 Å². The molecule has 3 aromatic rings. The molecule has 11 nitrogen and oxygen atoms in total. The Hall–Kier alpha value is -3.23. The van der Waals surface area contributed by atoms with Gasteiger partial charge in [-0.1, -0.05) is 18.5 Å². The molecule has 0 aliphatic carbocycles. The number of anilines is 3. The third-order valence-electron chi connectivity index (χ3n) is 4.90. The van der Waals surface area contributed by atoms with Gasteiger partial charge in [-0.05, 0) is 70.4 Å². The van der Waals surface area contributed by atoms with E-state index in [9.17, 15) is 19.7 Å². The highest BCUT2D eigenvalue weighted by atomic mass is 127. The number of nitrogens with one attached hydrogen (secondary N) is 3. The Balaban J connectivity index is 1.61. The van der Waals surface area contributed by atoms with Gasteiger partial charge < -0.3 is 21.7 Å². The van der Waals surface area contributed by atoms with Gasteiger partial charge in [0, 0.05) is 39.7 Å². The van der Waals surface area contributed by atoms with Gasteiger partial charge in [-0.3, -0.25) is 19.7 Å². The van der Waals surface area contributed by atoms with Gasteiger partial charge in [0.15, 0.2) is 5.82 Å². The molecular weight excluding hydrogens is 624 g/mol. The van der Waals surface area contributed by atoms with Crippen LogP contribution in [-0.2, 0) is 0 Å². The fourth-order valence-corrected chi connectivity index (χ4v) is 3.78. The number of nitrogens with zero attached hydrogens (tertiary/aromatic N) is 3. The van der Waals surface area contributed by atoms with Crippen molar-refractivity contribution in [1.82, 2.24) is 20.6 Å². The number of aromatic nitrogens is 2. The van der Waals surface area contributed by atoms with E-state index < -0.39 is 16.5 Å². The largest absolute Gasteiger partial charge is 0.398 e. The zero-order valence-corrected chi connectivity index (χ0v) is 22.4. The number of benzene rings is 2. The molecule has 0 bridgehead atoms. The summed E-state index contributed by atoms with van der Waals surface area (Å²) in [6.45, 7) is 2.29. The Morgan fingerprint density at radius 2 is 1.83 bits per heavy atom. The number of nitrogen functional groups attached to an aromatic ring is 1. The van der Waals surface area contributed by atoms with Crippen molar-refractivity contribution in [2.45, 2.75) is 6.92 Å². The molecule has 2 amide bonds. The summed E-state index contributed by atoms with van der Waals surface area (Å²) in [5.74, 6) is -0.874. The number of nitro benzene ring substituents is 1. The molecular formula is C22H20Cl2IN7O4. The molecule has 0 radical (unpaired) electrons. The molecule has 1 unspecified atom stereocenters. The molecule has 0 fully saturated rings. The average Bonchev–Trinajstić information content (AvgIpc) is 2.84. The lowest BCUT2D eigenvalue weighted by molar-refractivity contribution is -0.385. The van der Waals surface area contributed by atoms with E-state index in [1.165, 1.54) is 24.4 Å². The van der Waals surface area contributed by atoms with Crippen molar-refractivity contribution in [2.75, 3.05) is 24.1 Å². The Kier molecular flexibility index (Phi) is 9.23. The fourth-order valence-electron chi connectivity index (χ4n) is 2.99. The van der Waals surface area contributed by atoms with Crippen LogP contribution >= 0.6 is 45.8 Å². The van der Waals surface area contributed by atoms with Crippen LogP contribution in [0.15, 0.2) is 42.6 Å². The zero-order valence-electron chi connectivity index (χ0n) is 18.7. The van der Waals surface area contributed by atoms with Gasteiger partial charge >= 0.3 is 0 Å². The highest BCUT2D eigenvalue weighted by Crippen LogP contribution is 2.28. The zero-order chi connectivity index (χ0) is 26.4. The van der Waals surface area contributed by atoms with Gasteiger partial charge in [-0.25, -0.2) is 4.98 Å². The van der Waals surface area contributed by atoms with E-state index in [1.54, 1.807) is 18.2 Å². The highest BCUT2D eigenvalue weighted by molar-refractivity contribution is 14.1. The first-order chi connectivity index (χ1) is 17.0. The van der Waals surface area contributed by atoms with Gasteiger partial charge in [0.25, 0.3) is 17.5 Å². The first kappa shape index (κ1) is 27.4. The molecule has 0 saturated heterocycles. The number of nitro groups is 1. The second-order valence-electron chi connectivity index (χ2n) is 7.71. The fraction of sp³-hybridized carbons (Fsp3) is 0.182. The van der Waals surface area contributed by atoms with Crippen molar-refractivity contribution >= 4 is 80.5 Å². The molecule has 14 heteroatoms. The minimum Gasteiger partial charge on any atom is -0.398 e. The topological polar surface area (TPSA) is 165 Å². The molecule has 5 N–H and O–H groups in total. The van der Waals surface area contributed by atoms with Crippen molar-refractivity contribution in [1.29, 1.82) is 0 Å². The summed E-state index contributed by atoms with van der Waals surface area (Å²) in [6, 6.07) is 8.96. The molecule has 36 heavy (non-hydrogen) atoms. The van der Waals surface area contributed by atoms with Crippen LogP contribution in [0.2, 0.25) is 10.3 Å². The second-order valence-corrected chi connectivity index (χ2v) is 9.62. The van der Waals surface area contributed by atoms with E-state index in [1.807, 2.05) is 29.5 Å². The normalized spacial score (nSPS) is 11.4. The third kappa shape index (κ3) is 7.15. The summed E-state index contributed by atoms with van der Waals surface area (Å²) in [6.07, 6.45) is 1.29. The lowest BCUT2D eigenvalue weighted by Crippen LogP contribution is -2.35. The Labute approximate surface area is 229 Å². The van der Waals surface area contributed by atoms with Crippen molar-refractivity contribution in [2.24, 2.45) is 5.92 Å². The summed E-state index contributed by atoms with van der Waals surface area (Å²) in [4.78, 5) is 43.6. The lowest BCUT2D eigenvalue weighted by Gasteiger charge is -2.14. The third-order valence-corrected chi connectivity index (χ3v) is 6.29. The van der Waals surface area contributed by atoms with Gasteiger partial charge in [0.2, 0.25) is 5.28 Å². The highest BCUT2D eigenvalue weighted by Gasteiger charge is 2.22. The molecule has 2 aromatic carbocycles. The maximum absolute atomic E-state index is 12.7. The van der Waals surface area contributed by atoms with Crippen LogP contribution in [0.5, 0.6) is 0 Å². The van der Waals surface area contributed by atoms with Crippen LogP contribution in [0.25, 0.3) is 0 Å². The number of rotatable bonds is 9. The molecule has 0 aliphatic heterocycles. The number of halogens is 3. The molecule has 1 heterocycles. The Bertz CT molecular complexity index is 1330. The van der Waals surface area contributed by atoms with Gasteiger partial charge in [-0.2, -0.15) is 4.98 Å². The standard InChI is InChI=1S/C22H20Cl2IN7O4/c1-11(8-27-20(33)12-2-5-17(26)16(25)6-12)9-28-21(34)14-4-3-13(7-18(14)32(35)36)30-19-15(23)10-29-22(24)31-19/h2-7,10-11H,8-9,26H2,1H3,(H,27,33)(H,28,34)(H,29,30,31). The van der Waals surface area contributed by atoms with E-state index in [0.717, 1.165) is 3.57 Å². The molecule has 1 atom stereocenters. The lowest BCUT2D eigenvalue weighted by atomic mass is 10.1. The van der Waals surface area contributed by atoms with Crippen molar-refractivity contribution in [3.63, 3.8) is 0 Å². The van der Waals surface area contributed by atoms with Gasteiger partial charge in [0.1, 0.15) is 10.6 Å². The predicted octanol–water partition coefficient (Wildman–Crippen LogP) is 4.42. The second kappa shape index (κ2) is 12.1. The van der Waals surface area contributed by atoms with Gasteiger partial charge in [0.05, 0.1) is 11.1 Å². The smallest absolute Gasteiger partial charge is 0.284 e. The van der Waals surface area contributed by atoms with E-state index >= 15 is 0 Å². The molecule has 1 aromatic heterocycles. The minimum absolute atomic E-state index is 0.0547. The summed E-state index contributed by atoms with van der Waals surface area (Å²) >= 11 is 13.8. The minimum atomic E-state index is -0.660. The summed E-state index contributed by atoms with van der Waals surface area (Å²) in [5.41, 5.74) is 6.58. The maximum atomic E-state index is 12.7. The van der Waals surface area contributed by atoms with Crippen LogP contribution in [0.3, 0.4) is 0 Å². The van der Waals surface area contributed by atoms with E-state index in [2.05, 4.69) is 25.9 Å². The Morgan fingerprint density at radius 3 is 2.50 bits per heavy atom. The quantitative estimate of drug-likeness (QED) is 0.0875. The Morgan fingerprint density at radius 1 is 1.14 bits per heavy atom. The maximum Gasteiger partial charge on any atom is 0.284 e. The summed E-state index contributed by atoms with van der Waals surface area (Å²) in [7, 11) is 0. The van der Waals surface area contributed by atoms with Gasteiger partial charge in [-0.15, -0.1) is 0 Å². The average molecular weight is 644 g/mol. The monoisotopic (exact) mass is 643 g/mol. The molecule has 188 valence electrons. The summed E-state index contributed by atoms with van der Waals surface area (Å²) < 4.78 is 0.771. The summed E-state index contributed by atoms with van der Waals surface area (Å²) in [5, 5.41) is 20.0. The number of hydrogen-bond donors (Lipinski definition) is 4. The van der Waals surface area contributed by atoms with Crippen molar-refractivity contribution in [3.8, 4) is 0 Å². The first-order valence-corrected chi connectivity index (χ1v) is 12.2. The van der Waals surface area contributed by atoms with Crippen molar-refractivity contribution in [3.05, 3.63) is 77.7 Å². The SMILES string of the molecule is CC(CNC(=O)c1ccc(N)c(I)c1)CNC(=O)c1ccc(Nc2nc(Cl)ncc2Cl)cc1[N+](=O)[O-]. The molecule has 3 rings (SSSR count). The number of carbonyl (C=O) groups is 2. The predicted molar refractivity (Wildman–Crippen MR) is 146 cm³/mol. The molecule has 0 spiro atoms. The van der Waals surface area contributed by atoms with Crippen molar-refractivity contribution < 1.29 is 14.5 Å². The molecule has 0 saturated carbocycles. The van der Waals surface area contributed by atoms with E-state index in [-0.39, 0.29) is 52.3 Å². The number of amides is 2. The van der Waals surface area contributed by atoms with E-state index in [0.29, 0.717) is 11.3 Å². The number of carbonyl (C=O) groups excluding carboxylic acids is 2. The number of nitrogens with two attached hydrogens (primary N) is 1. The molecule has 0 aliphatic rings. The van der Waals surface area contributed by atoms with Crippen LogP contribution in [0, 0.1) is 19.6 Å². The van der Waals surface area contributed by atoms with Crippen LogP contribution in [-0.4, -0.2) is 39.8 Å². The van der Waals surface area contributed by atoms with E-state index in [4.69, 9.17) is 28.9 Å². The first-order valence-electron chi connectivity index (χ1n) is 10.4.